The highest BCUT2D eigenvalue weighted by atomic mass is 16.5. The standard InChI is InChI=1S/C15H17NO5/c1-19-10-5-6-13(20-2)11(8-10)12(17)9-16-15(18)14-4-3-7-21-14/h3-8,12,17H,9H2,1-2H3,(H,16,18)/t12-/m1/s1. The van der Waals surface area contributed by atoms with Gasteiger partial charge in [0.25, 0.3) is 5.91 Å². The first-order valence-corrected chi connectivity index (χ1v) is 6.37. The van der Waals surface area contributed by atoms with Crippen LogP contribution in [0.2, 0.25) is 0 Å². The molecule has 0 saturated carbocycles. The first kappa shape index (κ1) is 14.9. The second-order valence-corrected chi connectivity index (χ2v) is 4.31. The summed E-state index contributed by atoms with van der Waals surface area (Å²) in [6.45, 7) is 0.0308. The fourth-order valence-corrected chi connectivity index (χ4v) is 1.89. The van der Waals surface area contributed by atoms with Crippen molar-refractivity contribution in [3.63, 3.8) is 0 Å². The van der Waals surface area contributed by atoms with Crippen molar-refractivity contribution in [1.82, 2.24) is 5.32 Å². The minimum atomic E-state index is -0.922. The van der Waals surface area contributed by atoms with Crippen molar-refractivity contribution in [3.05, 3.63) is 47.9 Å². The van der Waals surface area contributed by atoms with Crippen molar-refractivity contribution in [1.29, 1.82) is 0 Å². The molecule has 0 aliphatic carbocycles. The smallest absolute Gasteiger partial charge is 0.287 e. The molecule has 1 atom stereocenters. The Morgan fingerprint density at radius 3 is 2.76 bits per heavy atom. The average Bonchev–Trinajstić information content (AvgIpc) is 3.06. The number of methoxy groups -OCH3 is 2. The predicted octanol–water partition coefficient (Wildman–Crippen LogP) is 1.76. The summed E-state index contributed by atoms with van der Waals surface area (Å²) in [6.07, 6.45) is 0.491. The molecule has 0 radical (unpaired) electrons. The van der Waals surface area contributed by atoms with Crippen LogP contribution in [0, 0.1) is 0 Å². The van der Waals surface area contributed by atoms with Crippen LogP contribution in [0.4, 0.5) is 0 Å². The Morgan fingerprint density at radius 1 is 1.33 bits per heavy atom. The Labute approximate surface area is 122 Å². The first-order valence-electron chi connectivity index (χ1n) is 6.37. The largest absolute Gasteiger partial charge is 0.497 e. The fourth-order valence-electron chi connectivity index (χ4n) is 1.89. The normalized spacial score (nSPS) is 11.8. The number of carbonyl (C=O) groups excluding carboxylic acids is 1. The summed E-state index contributed by atoms with van der Waals surface area (Å²) in [5, 5.41) is 12.8. The van der Waals surface area contributed by atoms with E-state index in [2.05, 4.69) is 5.32 Å². The summed E-state index contributed by atoms with van der Waals surface area (Å²) in [4.78, 5) is 11.7. The van der Waals surface area contributed by atoms with E-state index in [0.717, 1.165) is 0 Å². The Bertz CT molecular complexity index is 594. The molecule has 1 amide bonds. The van der Waals surface area contributed by atoms with Gasteiger partial charge in [0.05, 0.1) is 20.5 Å². The van der Waals surface area contributed by atoms with Crippen molar-refractivity contribution in [2.75, 3.05) is 20.8 Å². The molecule has 0 unspecified atom stereocenters. The summed E-state index contributed by atoms with van der Waals surface area (Å²) < 4.78 is 15.3. The zero-order valence-electron chi connectivity index (χ0n) is 11.8. The molecular formula is C15H17NO5. The van der Waals surface area contributed by atoms with E-state index in [-0.39, 0.29) is 18.2 Å². The highest BCUT2D eigenvalue weighted by Gasteiger charge is 2.17. The van der Waals surface area contributed by atoms with Gasteiger partial charge in [-0.05, 0) is 30.3 Å². The van der Waals surface area contributed by atoms with E-state index in [1.807, 2.05) is 0 Å². The van der Waals surface area contributed by atoms with Gasteiger partial charge in [-0.25, -0.2) is 0 Å². The molecule has 0 aliphatic rings. The summed E-state index contributed by atoms with van der Waals surface area (Å²) in [5.41, 5.74) is 0.539. The number of aliphatic hydroxyl groups is 1. The number of ether oxygens (including phenoxy) is 2. The fraction of sp³-hybridized carbons (Fsp3) is 0.267. The molecule has 2 N–H and O–H groups in total. The Kier molecular flexibility index (Phi) is 4.84. The van der Waals surface area contributed by atoms with Gasteiger partial charge in [0.2, 0.25) is 0 Å². The van der Waals surface area contributed by atoms with Crippen molar-refractivity contribution in [3.8, 4) is 11.5 Å². The number of benzene rings is 1. The summed E-state index contributed by atoms with van der Waals surface area (Å²) in [5.74, 6) is 0.929. The molecule has 0 fully saturated rings. The van der Waals surface area contributed by atoms with Crippen molar-refractivity contribution >= 4 is 5.91 Å². The van der Waals surface area contributed by atoms with E-state index in [0.29, 0.717) is 17.1 Å². The van der Waals surface area contributed by atoms with Crippen molar-refractivity contribution in [2.24, 2.45) is 0 Å². The second-order valence-electron chi connectivity index (χ2n) is 4.31. The third kappa shape index (κ3) is 3.55. The van der Waals surface area contributed by atoms with Crippen LogP contribution >= 0.6 is 0 Å². The van der Waals surface area contributed by atoms with Crippen LogP contribution in [0.25, 0.3) is 0 Å². The average molecular weight is 291 g/mol. The number of aliphatic hydroxyl groups excluding tert-OH is 1. The van der Waals surface area contributed by atoms with Crippen LogP contribution in [0.15, 0.2) is 41.0 Å². The molecule has 2 rings (SSSR count). The minimum Gasteiger partial charge on any atom is -0.497 e. The Morgan fingerprint density at radius 2 is 2.14 bits per heavy atom. The molecule has 1 aromatic heterocycles. The molecule has 2 aromatic rings. The topological polar surface area (TPSA) is 80.9 Å². The predicted molar refractivity (Wildman–Crippen MR) is 75.5 cm³/mol. The van der Waals surface area contributed by atoms with Crippen LogP contribution < -0.4 is 14.8 Å². The monoisotopic (exact) mass is 291 g/mol. The summed E-state index contributed by atoms with van der Waals surface area (Å²) in [6, 6.07) is 8.27. The van der Waals surface area contributed by atoms with Gasteiger partial charge < -0.3 is 24.3 Å². The number of amides is 1. The Balaban J connectivity index is 2.05. The molecular weight excluding hydrogens is 274 g/mol. The SMILES string of the molecule is COc1ccc(OC)c([C@H](O)CNC(=O)c2ccco2)c1. The highest BCUT2D eigenvalue weighted by molar-refractivity contribution is 5.91. The van der Waals surface area contributed by atoms with E-state index < -0.39 is 6.10 Å². The lowest BCUT2D eigenvalue weighted by molar-refractivity contribution is 0.0887. The number of hydrogen-bond donors (Lipinski definition) is 2. The lowest BCUT2D eigenvalue weighted by atomic mass is 10.1. The molecule has 21 heavy (non-hydrogen) atoms. The minimum absolute atomic E-state index is 0.0308. The summed E-state index contributed by atoms with van der Waals surface area (Å²) in [7, 11) is 3.05. The third-order valence-corrected chi connectivity index (χ3v) is 3.00. The van der Waals surface area contributed by atoms with Gasteiger partial charge in [0, 0.05) is 12.1 Å². The van der Waals surface area contributed by atoms with Gasteiger partial charge in [-0.2, -0.15) is 0 Å². The van der Waals surface area contributed by atoms with Crippen LogP contribution in [0.3, 0.4) is 0 Å². The number of carbonyl (C=O) groups is 1. The number of nitrogens with one attached hydrogen (secondary N) is 1. The summed E-state index contributed by atoms with van der Waals surface area (Å²) >= 11 is 0. The highest BCUT2D eigenvalue weighted by Crippen LogP contribution is 2.29. The molecule has 6 nitrogen and oxygen atoms in total. The van der Waals surface area contributed by atoms with Gasteiger partial charge >= 0.3 is 0 Å². The third-order valence-electron chi connectivity index (χ3n) is 3.00. The lowest BCUT2D eigenvalue weighted by Gasteiger charge is -2.16. The maximum atomic E-state index is 11.7. The van der Waals surface area contributed by atoms with Crippen LogP contribution in [0.5, 0.6) is 11.5 Å². The molecule has 112 valence electrons. The van der Waals surface area contributed by atoms with Gasteiger partial charge in [-0.3, -0.25) is 4.79 Å². The zero-order chi connectivity index (χ0) is 15.2. The maximum Gasteiger partial charge on any atom is 0.287 e. The molecule has 1 heterocycles. The van der Waals surface area contributed by atoms with Crippen LogP contribution in [-0.2, 0) is 0 Å². The second kappa shape index (κ2) is 6.81. The van der Waals surface area contributed by atoms with Gasteiger partial charge in [-0.1, -0.05) is 0 Å². The molecule has 0 saturated heterocycles. The number of rotatable bonds is 6. The number of hydrogen-bond acceptors (Lipinski definition) is 5. The van der Waals surface area contributed by atoms with Gasteiger partial charge in [0.1, 0.15) is 17.6 Å². The molecule has 1 aromatic carbocycles. The van der Waals surface area contributed by atoms with E-state index in [4.69, 9.17) is 13.9 Å². The Hall–Kier alpha value is -2.47. The van der Waals surface area contributed by atoms with Crippen LogP contribution in [0.1, 0.15) is 22.2 Å². The van der Waals surface area contributed by atoms with E-state index in [1.54, 1.807) is 30.3 Å². The van der Waals surface area contributed by atoms with Gasteiger partial charge in [0.15, 0.2) is 5.76 Å². The molecule has 0 aliphatic heterocycles. The van der Waals surface area contributed by atoms with Crippen LogP contribution in [-0.4, -0.2) is 31.8 Å². The van der Waals surface area contributed by atoms with E-state index in [9.17, 15) is 9.90 Å². The first-order chi connectivity index (χ1) is 10.2. The van der Waals surface area contributed by atoms with E-state index >= 15 is 0 Å². The maximum absolute atomic E-state index is 11.7. The quantitative estimate of drug-likeness (QED) is 0.847. The lowest BCUT2D eigenvalue weighted by Crippen LogP contribution is -2.28. The molecule has 6 heteroatoms. The van der Waals surface area contributed by atoms with Crippen molar-refractivity contribution in [2.45, 2.75) is 6.10 Å². The van der Waals surface area contributed by atoms with E-state index in [1.165, 1.54) is 20.5 Å². The zero-order valence-corrected chi connectivity index (χ0v) is 11.8. The van der Waals surface area contributed by atoms with Crippen molar-refractivity contribution < 1.29 is 23.8 Å². The number of furan rings is 1. The van der Waals surface area contributed by atoms with Gasteiger partial charge in [-0.15, -0.1) is 0 Å². The molecule has 0 bridgehead atoms. The molecule has 0 spiro atoms.